The van der Waals surface area contributed by atoms with Crippen LogP contribution in [0.15, 0.2) is 30.3 Å². The lowest BCUT2D eigenvalue weighted by atomic mass is 9.78. The van der Waals surface area contributed by atoms with Crippen LogP contribution in [0.5, 0.6) is 0 Å². The Morgan fingerprint density at radius 1 is 1.16 bits per heavy atom. The molecular formula is C17H25NO. The third kappa shape index (κ3) is 3.01. The fraction of sp³-hybridized carbons (Fsp3) is 0.647. The molecule has 0 atom stereocenters. The minimum Gasteiger partial charge on any atom is -0.389 e. The standard InChI is InChI=1S/C17H25NO/c1-14-7-9-17(19,10-8-14)13-18-11-16(12-18)15-5-3-2-4-6-15/h2-6,14,16,19H,7-13H2,1H3. The van der Waals surface area contributed by atoms with Crippen LogP contribution in [0, 0.1) is 5.92 Å². The molecule has 1 aliphatic heterocycles. The summed E-state index contributed by atoms with van der Waals surface area (Å²) in [6.07, 6.45) is 4.35. The topological polar surface area (TPSA) is 23.5 Å². The molecule has 0 spiro atoms. The zero-order valence-electron chi connectivity index (χ0n) is 11.9. The van der Waals surface area contributed by atoms with Gasteiger partial charge in [0.1, 0.15) is 0 Å². The van der Waals surface area contributed by atoms with Gasteiger partial charge < -0.3 is 5.11 Å². The van der Waals surface area contributed by atoms with E-state index in [4.69, 9.17) is 0 Å². The van der Waals surface area contributed by atoms with Gasteiger partial charge >= 0.3 is 0 Å². The summed E-state index contributed by atoms with van der Waals surface area (Å²) in [5.41, 5.74) is 1.04. The zero-order valence-corrected chi connectivity index (χ0v) is 11.9. The number of rotatable bonds is 3. The summed E-state index contributed by atoms with van der Waals surface area (Å²) in [6.45, 7) is 5.40. The molecule has 0 bridgehead atoms. The maximum Gasteiger partial charge on any atom is 0.0774 e. The highest BCUT2D eigenvalue weighted by Gasteiger charge is 2.37. The molecule has 19 heavy (non-hydrogen) atoms. The normalized spacial score (nSPS) is 33.1. The highest BCUT2D eigenvalue weighted by molar-refractivity contribution is 5.22. The van der Waals surface area contributed by atoms with Crippen molar-refractivity contribution in [3.8, 4) is 0 Å². The third-order valence-electron chi connectivity index (χ3n) is 4.95. The van der Waals surface area contributed by atoms with Crippen LogP contribution in [-0.2, 0) is 0 Å². The smallest absolute Gasteiger partial charge is 0.0774 e. The Morgan fingerprint density at radius 2 is 1.79 bits per heavy atom. The third-order valence-corrected chi connectivity index (χ3v) is 4.95. The molecule has 0 amide bonds. The molecular weight excluding hydrogens is 234 g/mol. The summed E-state index contributed by atoms with van der Waals surface area (Å²) >= 11 is 0. The van der Waals surface area contributed by atoms with Crippen LogP contribution in [0.1, 0.15) is 44.1 Å². The molecule has 0 aromatic heterocycles. The molecule has 1 aromatic rings. The van der Waals surface area contributed by atoms with E-state index in [0.29, 0.717) is 5.92 Å². The second-order valence-corrected chi connectivity index (χ2v) is 6.71. The van der Waals surface area contributed by atoms with Gasteiger partial charge in [0.2, 0.25) is 0 Å². The maximum atomic E-state index is 10.6. The first-order valence-corrected chi connectivity index (χ1v) is 7.64. The molecule has 1 saturated carbocycles. The van der Waals surface area contributed by atoms with Crippen molar-refractivity contribution in [1.82, 2.24) is 4.90 Å². The van der Waals surface area contributed by atoms with Crippen LogP contribution in [0.4, 0.5) is 0 Å². The van der Waals surface area contributed by atoms with Crippen LogP contribution in [0.3, 0.4) is 0 Å². The van der Waals surface area contributed by atoms with Gasteiger partial charge in [0, 0.05) is 25.6 Å². The quantitative estimate of drug-likeness (QED) is 0.902. The van der Waals surface area contributed by atoms with Gasteiger partial charge in [-0.1, -0.05) is 37.3 Å². The molecule has 1 aliphatic carbocycles. The Labute approximate surface area is 116 Å². The zero-order chi connectivity index (χ0) is 13.3. The molecule has 3 rings (SSSR count). The summed E-state index contributed by atoms with van der Waals surface area (Å²) < 4.78 is 0. The van der Waals surface area contributed by atoms with E-state index in [1.54, 1.807) is 0 Å². The molecule has 1 N–H and O–H groups in total. The van der Waals surface area contributed by atoms with E-state index in [9.17, 15) is 5.11 Å². The Morgan fingerprint density at radius 3 is 2.42 bits per heavy atom. The minimum absolute atomic E-state index is 0.409. The molecule has 2 nitrogen and oxygen atoms in total. The van der Waals surface area contributed by atoms with Gasteiger partial charge in [-0.05, 0) is 37.2 Å². The average molecular weight is 259 g/mol. The largest absolute Gasteiger partial charge is 0.389 e. The number of nitrogens with zero attached hydrogens (tertiary/aromatic N) is 1. The van der Waals surface area contributed by atoms with Gasteiger partial charge in [-0.25, -0.2) is 0 Å². The van der Waals surface area contributed by atoms with Crippen LogP contribution < -0.4 is 0 Å². The molecule has 2 heteroatoms. The SMILES string of the molecule is CC1CCC(O)(CN2CC(c3ccccc3)C2)CC1. The van der Waals surface area contributed by atoms with Gasteiger partial charge in [-0.3, -0.25) is 4.90 Å². The van der Waals surface area contributed by atoms with E-state index >= 15 is 0 Å². The molecule has 0 radical (unpaired) electrons. The van der Waals surface area contributed by atoms with Crippen molar-refractivity contribution in [1.29, 1.82) is 0 Å². The van der Waals surface area contributed by atoms with Gasteiger partial charge in [0.25, 0.3) is 0 Å². The van der Waals surface area contributed by atoms with Crippen molar-refractivity contribution < 1.29 is 5.11 Å². The lowest BCUT2D eigenvalue weighted by molar-refractivity contribution is -0.0515. The van der Waals surface area contributed by atoms with Crippen molar-refractivity contribution >= 4 is 0 Å². The first kappa shape index (κ1) is 13.1. The predicted molar refractivity (Wildman–Crippen MR) is 78.2 cm³/mol. The van der Waals surface area contributed by atoms with E-state index in [-0.39, 0.29) is 0 Å². The fourth-order valence-corrected chi connectivity index (χ4v) is 3.51. The Hall–Kier alpha value is -0.860. The first-order chi connectivity index (χ1) is 9.15. The lowest BCUT2D eigenvalue weighted by Crippen LogP contribution is -2.53. The van der Waals surface area contributed by atoms with Gasteiger partial charge in [0.05, 0.1) is 5.60 Å². The van der Waals surface area contributed by atoms with Gasteiger partial charge in [-0.2, -0.15) is 0 Å². The van der Waals surface area contributed by atoms with E-state index in [1.807, 2.05) is 0 Å². The first-order valence-electron chi connectivity index (χ1n) is 7.64. The molecule has 0 unspecified atom stereocenters. The summed E-state index contributed by atoms with van der Waals surface area (Å²) in [5.74, 6) is 1.47. The van der Waals surface area contributed by atoms with Crippen LogP contribution in [0.2, 0.25) is 0 Å². The van der Waals surface area contributed by atoms with E-state index in [2.05, 4.69) is 42.2 Å². The number of benzene rings is 1. The average Bonchev–Trinajstić information content (AvgIpc) is 2.39. The summed E-state index contributed by atoms with van der Waals surface area (Å²) in [4.78, 5) is 2.42. The number of hydrogen-bond donors (Lipinski definition) is 1. The second kappa shape index (κ2) is 5.26. The Bertz CT molecular complexity index is 403. The fourth-order valence-electron chi connectivity index (χ4n) is 3.51. The van der Waals surface area contributed by atoms with Crippen molar-refractivity contribution in [2.45, 2.75) is 44.1 Å². The van der Waals surface area contributed by atoms with Crippen molar-refractivity contribution in [3.05, 3.63) is 35.9 Å². The van der Waals surface area contributed by atoms with Crippen molar-refractivity contribution in [3.63, 3.8) is 0 Å². The molecule has 2 aliphatic rings. The summed E-state index contributed by atoms with van der Waals surface area (Å²) in [5, 5.41) is 10.6. The highest BCUT2D eigenvalue weighted by atomic mass is 16.3. The van der Waals surface area contributed by atoms with Crippen LogP contribution >= 0.6 is 0 Å². The van der Waals surface area contributed by atoms with Crippen molar-refractivity contribution in [2.24, 2.45) is 5.92 Å². The van der Waals surface area contributed by atoms with Crippen LogP contribution in [0.25, 0.3) is 0 Å². The van der Waals surface area contributed by atoms with E-state index in [1.165, 1.54) is 18.4 Å². The van der Waals surface area contributed by atoms with Gasteiger partial charge in [0.15, 0.2) is 0 Å². The summed E-state index contributed by atoms with van der Waals surface area (Å²) in [7, 11) is 0. The maximum absolute atomic E-state index is 10.6. The number of β-amino-alcohol motifs (C(OH)–C–C–N with tert-alkyl or cyclic N) is 1. The highest BCUT2D eigenvalue weighted by Crippen LogP contribution is 2.35. The number of likely N-dealkylation sites (tertiary alicyclic amines) is 1. The number of aliphatic hydroxyl groups is 1. The van der Waals surface area contributed by atoms with E-state index < -0.39 is 5.60 Å². The van der Waals surface area contributed by atoms with Gasteiger partial charge in [-0.15, -0.1) is 0 Å². The Kier molecular flexibility index (Phi) is 3.64. The molecule has 1 saturated heterocycles. The molecule has 1 heterocycles. The molecule has 2 fully saturated rings. The Balaban J connectivity index is 1.49. The van der Waals surface area contributed by atoms with Crippen molar-refractivity contribution in [2.75, 3.05) is 19.6 Å². The monoisotopic (exact) mass is 259 g/mol. The summed E-state index contributed by atoms with van der Waals surface area (Å²) in [6, 6.07) is 10.8. The number of hydrogen-bond acceptors (Lipinski definition) is 2. The molecule has 1 aromatic carbocycles. The molecule has 104 valence electrons. The van der Waals surface area contributed by atoms with E-state index in [0.717, 1.165) is 38.4 Å². The van der Waals surface area contributed by atoms with Crippen LogP contribution in [-0.4, -0.2) is 35.2 Å². The minimum atomic E-state index is -0.409. The predicted octanol–water partition coefficient (Wildman–Crippen LogP) is 3.03. The lowest BCUT2D eigenvalue weighted by Gasteiger charge is -2.45. The second-order valence-electron chi connectivity index (χ2n) is 6.71.